The van der Waals surface area contributed by atoms with Crippen molar-refractivity contribution in [3.05, 3.63) is 35.9 Å². The van der Waals surface area contributed by atoms with E-state index in [1.807, 2.05) is 23.1 Å². The Kier molecular flexibility index (Phi) is 4.43. The predicted octanol–water partition coefficient (Wildman–Crippen LogP) is 3.05. The Bertz CT molecular complexity index is 479. The van der Waals surface area contributed by atoms with Crippen molar-refractivity contribution in [2.45, 2.75) is 40.7 Å². The standard InChI is InChI=1S/C18H28N2O/c1-17(2)15(18(17,3)4)16(21)20(12-8-11-19)13-14-9-6-5-7-10-14/h5-7,9-10,15H,8,11-13,19H2,1-4H3. The molecular weight excluding hydrogens is 260 g/mol. The highest BCUT2D eigenvalue weighted by Gasteiger charge is 2.68. The average Bonchev–Trinajstić information content (AvgIpc) is 2.85. The van der Waals surface area contributed by atoms with Gasteiger partial charge in [-0.15, -0.1) is 0 Å². The maximum absolute atomic E-state index is 12.9. The molecule has 1 fully saturated rings. The van der Waals surface area contributed by atoms with Gasteiger partial charge in [-0.05, 0) is 29.4 Å². The number of hydrogen-bond acceptors (Lipinski definition) is 2. The second-order valence-electron chi connectivity index (χ2n) is 7.26. The Balaban J connectivity index is 2.11. The van der Waals surface area contributed by atoms with E-state index in [2.05, 4.69) is 39.8 Å². The highest BCUT2D eigenvalue weighted by Crippen LogP contribution is 2.68. The van der Waals surface area contributed by atoms with Crippen molar-refractivity contribution in [3.8, 4) is 0 Å². The van der Waals surface area contributed by atoms with Crippen molar-refractivity contribution in [1.82, 2.24) is 4.90 Å². The van der Waals surface area contributed by atoms with Gasteiger partial charge in [0.2, 0.25) is 5.91 Å². The molecule has 0 saturated heterocycles. The summed E-state index contributed by atoms with van der Waals surface area (Å²) in [6.45, 7) is 10.8. The van der Waals surface area contributed by atoms with Gasteiger partial charge < -0.3 is 10.6 Å². The minimum absolute atomic E-state index is 0.0851. The fourth-order valence-corrected chi connectivity index (χ4v) is 3.35. The number of rotatable bonds is 6. The summed E-state index contributed by atoms with van der Waals surface area (Å²) in [5.41, 5.74) is 6.98. The highest BCUT2D eigenvalue weighted by molar-refractivity contribution is 5.84. The van der Waals surface area contributed by atoms with Crippen LogP contribution in [0.25, 0.3) is 0 Å². The van der Waals surface area contributed by atoms with Gasteiger partial charge >= 0.3 is 0 Å². The zero-order valence-electron chi connectivity index (χ0n) is 13.7. The highest BCUT2D eigenvalue weighted by atomic mass is 16.2. The fourth-order valence-electron chi connectivity index (χ4n) is 3.35. The first kappa shape index (κ1) is 16.0. The molecule has 116 valence electrons. The van der Waals surface area contributed by atoms with Crippen LogP contribution in [0, 0.1) is 16.7 Å². The molecule has 0 unspecified atom stereocenters. The van der Waals surface area contributed by atoms with Crippen LogP contribution in [0.4, 0.5) is 0 Å². The Morgan fingerprint density at radius 2 is 1.71 bits per heavy atom. The third kappa shape index (κ3) is 2.98. The van der Waals surface area contributed by atoms with Crippen molar-refractivity contribution in [1.29, 1.82) is 0 Å². The number of nitrogens with zero attached hydrogens (tertiary/aromatic N) is 1. The summed E-state index contributed by atoms with van der Waals surface area (Å²) in [4.78, 5) is 14.9. The van der Waals surface area contributed by atoms with Crippen LogP contribution < -0.4 is 5.73 Å². The van der Waals surface area contributed by atoms with Crippen LogP contribution in [0.2, 0.25) is 0 Å². The van der Waals surface area contributed by atoms with Gasteiger partial charge in [0, 0.05) is 19.0 Å². The summed E-state index contributed by atoms with van der Waals surface area (Å²) < 4.78 is 0. The SMILES string of the molecule is CC1(C)C(C(=O)N(CCCN)Cc2ccccc2)C1(C)C. The predicted molar refractivity (Wildman–Crippen MR) is 86.6 cm³/mol. The van der Waals surface area contributed by atoms with Gasteiger partial charge in [-0.2, -0.15) is 0 Å². The number of hydrogen-bond donors (Lipinski definition) is 1. The summed E-state index contributed by atoms with van der Waals surface area (Å²) in [6, 6.07) is 10.2. The van der Waals surface area contributed by atoms with Gasteiger partial charge in [-0.25, -0.2) is 0 Å². The molecule has 0 spiro atoms. The number of nitrogens with two attached hydrogens (primary N) is 1. The van der Waals surface area contributed by atoms with E-state index in [1.165, 1.54) is 5.56 Å². The monoisotopic (exact) mass is 288 g/mol. The first-order valence-corrected chi connectivity index (χ1v) is 7.85. The van der Waals surface area contributed by atoms with E-state index in [0.29, 0.717) is 13.1 Å². The molecule has 1 aliphatic carbocycles. The molecule has 1 aromatic carbocycles. The van der Waals surface area contributed by atoms with E-state index in [4.69, 9.17) is 5.73 Å². The maximum Gasteiger partial charge on any atom is 0.227 e. The molecule has 1 saturated carbocycles. The third-order valence-corrected chi connectivity index (χ3v) is 5.43. The molecule has 21 heavy (non-hydrogen) atoms. The van der Waals surface area contributed by atoms with Crippen LogP contribution in [0.1, 0.15) is 39.7 Å². The van der Waals surface area contributed by atoms with E-state index >= 15 is 0 Å². The smallest absolute Gasteiger partial charge is 0.227 e. The lowest BCUT2D eigenvalue weighted by atomic mass is 10.0. The van der Waals surface area contributed by atoms with Crippen LogP contribution in [0.3, 0.4) is 0 Å². The second kappa shape index (κ2) is 5.80. The Labute approximate surface area is 128 Å². The molecule has 2 rings (SSSR count). The molecular formula is C18H28N2O. The lowest BCUT2D eigenvalue weighted by molar-refractivity contribution is -0.134. The van der Waals surface area contributed by atoms with Crippen LogP contribution in [0.5, 0.6) is 0 Å². The molecule has 2 N–H and O–H groups in total. The third-order valence-electron chi connectivity index (χ3n) is 5.43. The summed E-state index contributed by atoms with van der Waals surface area (Å²) in [5.74, 6) is 0.397. The molecule has 0 bridgehead atoms. The van der Waals surface area contributed by atoms with Crippen molar-refractivity contribution in [3.63, 3.8) is 0 Å². The van der Waals surface area contributed by atoms with E-state index in [9.17, 15) is 4.79 Å². The zero-order valence-corrected chi connectivity index (χ0v) is 13.7. The Morgan fingerprint density at radius 1 is 1.14 bits per heavy atom. The van der Waals surface area contributed by atoms with Crippen LogP contribution in [-0.4, -0.2) is 23.9 Å². The molecule has 0 radical (unpaired) electrons. The number of carbonyl (C=O) groups excluding carboxylic acids is 1. The van der Waals surface area contributed by atoms with E-state index < -0.39 is 0 Å². The first-order valence-electron chi connectivity index (χ1n) is 7.85. The summed E-state index contributed by atoms with van der Waals surface area (Å²) >= 11 is 0. The average molecular weight is 288 g/mol. The molecule has 3 heteroatoms. The Morgan fingerprint density at radius 3 is 2.19 bits per heavy atom. The van der Waals surface area contributed by atoms with Gasteiger partial charge in [0.15, 0.2) is 0 Å². The van der Waals surface area contributed by atoms with E-state index in [1.54, 1.807) is 0 Å². The number of carbonyl (C=O) groups is 1. The number of amides is 1. The maximum atomic E-state index is 12.9. The molecule has 0 heterocycles. The van der Waals surface area contributed by atoms with Crippen LogP contribution in [0.15, 0.2) is 30.3 Å². The van der Waals surface area contributed by atoms with E-state index in [-0.39, 0.29) is 22.7 Å². The van der Waals surface area contributed by atoms with E-state index in [0.717, 1.165) is 13.0 Å². The zero-order chi connectivity index (χ0) is 15.7. The normalized spacial score (nSPS) is 19.3. The van der Waals surface area contributed by atoms with Gasteiger partial charge in [-0.3, -0.25) is 4.79 Å². The van der Waals surface area contributed by atoms with Crippen molar-refractivity contribution in [2.75, 3.05) is 13.1 Å². The quantitative estimate of drug-likeness (QED) is 0.874. The topological polar surface area (TPSA) is 46.3 Å². The molecule has 0 aliphatic heterocycles. The minimum atomic E-state index is 0.0851. The lowest BCUT2D eigenvalue weighted by Crippen LogP contribution is -2.35. The lowest BCUT2D eigenvalue weighted by Gasteiger charge is -2.24. The molecule has 0 atom stereocenters. The molecule has 0 aromatic heterocycles. The largest absolute Gasteiger partial charge is 0.338 e. The summed E-state index contributed by atoms with van der Waals surface area (Å²) in [7, 11) is 0. The van der Waals surface area contributed by atoms with Gasteiger partial charge in [0.25, 0.3) is 0 Å². The molecule has 1 amide bonds. The van der Waals surface area contributed by atoms with Gasteiger partial charge in [0.05, 0.1) is 0 Å². The van der Waals surface area contributed by atoms with Crippen molar-refractivity contribution >= 4 is 5.91 Å². The van der Waals surface area contributed by atoms with Crippen LogP contribution >= 0.6 is 0 Å². The Hall–Kier alpha value is -1.35. The summed E-state index contributed by atoms with van der Waals surface area (Å²) in [6.07, 6.45) is 0.853. The minimum Gasteiger partial charge on any atom is -0.338 e. The molecule has 3 nitrogen and oxygen atoms in total. The van der Waals surface area contributed by atoms with Gasteiger partial charge in [-0.1, -0.05) is 58.0 Å². The van der Waals surface area contributed by atoms with Gasteiger partial charge in [0.1, 0.15) is 0 Å². The molecule has 1 aromatic rings. The fraction of sp³-hybridized carbons (Fsp3) is 0.611. The van der Waals surface area contributed by atoms with Crippen molar-refractivity contribution in [2.24, 2.45) is 22.5 Å². The van der Waals surface area contributed by atoms with Crippen molar-refractivity contribution < 1.29 is 4.79 Å². The van der Waals surface area contributed by atoms with Crippen LogP contribution in [-0.2, 0) is 11.3 Å². The number of benzene rings is 1. The first-order chi connectivity index (χ1) is 9.82. The molecule has 1 aliphatic rings. The second-order valence-corrected chi connectivity index (χ2v) is 7.26. The summed E-state index contributed by atoms with van der Waals surface area (Å²) in [5, 5.41) is 0.